The summed E-state index contributed by atoms with van der Waals surface area (Å²) in [6.45, 7) is -0.727. The van der Waals surface area contributed by atoms with Gasteiger partial charge < -0.3 is 25.5 Å². The lowest BCUT2D eigenvalue weighted by molar-refractivity contribution is -0.149. The molecule has 82 valence electrons. The van der Waals surface area contributed by atoms with Gasteiger partial charge in [-0.2, -0.15) is 0 Å². The van der Waals surface area contributed by atoms with Crippen LogP contribution < -0.4 is 0 Å². The van der Waals surface area contributed by atoms with Crippen molar-refractivity contribution < 1.29 is 39.9 Å². The topological polar surface area (TPSA) is 152 Å². The highest BCUT2D eigenvalue weighted by atomic mass is 16.4. The first kappa shape index (κ1) is 14.8. The van der Waals surface area contributed by atoms with E-state index in [0.29, 0.717) is 0 Å². The molecule has 0 heterocycles. The maximum atomic E-state index is 9.52. The molecule has 1 atom stereocenters. The summed E-state index contributed by atoms with van der Waals surface area (Å²) in [6, 6.07) is 0. The molecule has 0 aliphatic heterocycles. The molecule has 8 heteroatoms. The Balaban J connectivity index is 0. The van der Waals surface area contributed by atoms with Crippen LogP contribution in [0.25, 0.3) is 0 Å². The minimum Gasteiger partial charge on any atom is -0.481 e. The Morgan fingerprint density at radius 1 is 1.00 bits per heavy atom. The third kappa shape index (κ3) is 13.0. The van der Waals surface area contributed by atoms with Crippen molar-refractivity contribution in [3.63, 3.8) is 0 Å². The van der Waals surface area contributed by atoms with Crippen molar-refractivity contribution in [1.82, 2.24) is 0 Å². The molecular formula is C6H10O8. The van der Waals surface area contributed by atoms with Gasteiger partial charge in [-0.25, -0.2) is 4.79 Å². The van der Waals surface area contributed by atoms with Crippen LogP contribution in [0.3, 0.4) is 0 Å². The third-order valence-electron chi connectivity index (χ3n) is 0.760. The van der Waals surface area contributed by atoms with Crippen molar-refractivity contribution in [2.45, 2.75) is 12.5 Å². The monoisotopic (exact) mass is 210 g/mol. The van der Waals surface area contributed by atoms with Gasteiger partial charge in [-0.05, 0) is 0 Å². The van der Waals surface area contributed by atoms with Crippen LogP contribution in [0.2, 0.25) is 0 Å². The summed E-state index contributed by atoms with van der Waals surface area (Å²) in [7, 11) is 0. The minimum absolute atomic E-state index is 0.727. The number of hydrogen-bond donors (Lipinski definition) is 5. The molecule has 0 bridgehead atoms. The lowest BCUT2D eigenvalue weighted by Gasteiger charge is -1.95. The highest BCUT2D eigenvalue weighted by Gasteiger charge is 2.08. The van der Waals surface area contributed by atoms with Crippen molar-refractivity contribution in [2.75, 3.05) is 6.61 Å². The molecule has 14 heavy (non-hydrogen) atoms. The van der Waals surface area contributed by atoms with Crippen LogP contribution in [0.4, 0.5) is 0 Å². The predicted molar refractivity (Wildman–Crippen MR) is 40.6 cm³/mol. The highest BCUT2D eigenvalue weighted by Crippen LogP contribution is 1.76. The summed E-state index contributed by atoms with van der Waals surface area (Å²) >= 11 is 0. The molecule has 0 aliphatic carbocycles. The first-order chi connectivity index (χ1) is 6.31. The summed E-state index contributed by atoms with van der Waals surface area (Å²) < 4.78 is 0. The van der Waals surface area contributed by atoms with E-state index < -0.39 is 37.0 Å². The van der Waals surface area contributed by atoms with Crippen LogP contribution in [0, 0.1) is 0 Å². The number of aliphatic carboxylic acids is 3. The number of aliphatic hydroxyl groups is 2. The molecule has 0 aliphatic rings. The van der Waals surface area contributed by atoms with Gasteiger partial charge >= 0.3 is 17.9 Å². The van der Waals surface area contributed by atoms with Gasteiger partial charge in [-0.15, -0.1) is 0 Å². The maximum absolute atomic E-state index is 9.52. The summed E-state index contributed by atoms with van der Waals surface area (Å²) in [6.07, 6.45) is -2.43. The van der Waals surface area contributed by atoms with E-state index in [9.17, 15) is 14.4 Å². The van der Waals surface area contributed by atoms with Gasteiger partial charge in [0.05, 0.1) is 6.61 Å². The lowest BCUT2D eigenvalue weighted by Crippen LogP contribution is -2.22. The molecule has 0 radical (unpaired) electrons. The van der Waals surface area contributed by atoms with Crippen LogP contribution in [-0.2, 0) is 14.4 Å². The Bertz CT molecular complexity index is 198. The number of hydrogen-bond acceptors (Lipinski definition) is 5. The summed E-state index contributed by atoms with van der Waals surface area (Å²) in [5.74, 6) is -4.03. The van der Waals surface area contributed by atoms with E-state index in [1.807, 2.05) is 0 Å². The van der Waals surface area contributed by atoms with Gasteiger partial charge in [0.2, 0.25) is 0 Å². The fraction of sp³-hybridized carbons (Fsp3) is 0.500. The van der Waals surface area contributed by atoms with Gasteiger partial charge in [-0.1, -0.05) is 0 Å². The summed E-state index contributed by atoms with van der Waals surface area (Å²) in [4.78, 5) is 28.4. The van der Waals surface area contributed by atoms with E-state index in [1.54, 1.807) is 0 Å². The number of carboxylic acids is 3. The number of aliphatic hydroxyl groups excluding tert-OH is 2. The van der Waals surface area contributed by atoms with E-state index in [0.717, 1.165) is 0 Å². The molecule has 0 amide bonds. The van der Waals surface area contributed by atoms with E-state index in [-0.39, 0.29) is 0 Å². The van der Waals surface area contributed by atoms with Crippen LogP contribution in [-0.4, -0.2) is 56.2 Å². The fourth-order valence-electron chi connectivity index (χ4n) is 0.207. The van der Waals surface area contributed by atoms with Crippen molar-refractivity contribution >= 4 is 17.9 Å². The van der Waals surface area contributed by atoms with Crippen molar-refractivity contribution in [3.05, 3.63) is 0 Å². The second-order valence-corrected chi connectivity index (χ2v) is 2.00. The third-order valence-corrected chi connectivity index (χ3v) is 0.760. The smallest absolute Gasteiger partial charge is 0.334 e. The van der Waals surface area contributed by atoms with Crippen LogP contribution in [0.5, 0.6) is 0 Å². The van der Waals surface area contributed by atoms with Gasteiger partial charge in [-0.3, -0.25) is 9.59 Å². The normalized spacial score (nSPS) is 10.7. The van der Waals surface area contributed by atoms with E-state index in [1.165, 1.54) is 0 Å². The fourth-order valence-corrected chi connectivity index (χ4v) is 0.207. The molecular weight excluding hydrogens is 200 g/mol. The van der Waals surface area contributed by atoms with E-state index >= 15 is 0 Å². The maximum Gasteiger partial charge on any atom is 0.334 e. The van der Waals surface area contributed by atoms with Gasteiger partial charge in [0.15, 0.2) is 6.10 Å². The number of rotatable bonds is 4. The Kier molecular flexibility index (Phi) is 8.43. The Labute approximate surface area is 78.0 Å². The van der Waals surface area contributed by atoms with Crippen molar-refractivity contribution in [3.8, 4) is 0 Å². The van der Waals surface area contributed by atoms with Crippen molar-refractivity contribution in [1.29, 1.82) is 0 Å². The zero-order valence-electron chi connectivity index (χ0n) is 6.95. The largest absolute Gasteiger partial charge is 0.481 e. The molecule has 0 saturated heterocycles. The molecule has 8 nitrogen and oxygen atoms in total. The summed E-state index contributed by atoms with van der Waals surface area (Å²) in [5, 5.41) is 39.1. The minimum atomic E-state index is -1.63. The molecule has 1 unspecified atom stereocenters. The zero-order chi connectivity index (χ0) is 11.7. The predicted octanol–water partition coefficient (Wildman–Crippen LogP) is -2.03. The van der Waals surface area contributed by atoms with E-state index in [4.69, 9.17) is 25.5 Å². The Hall–Kier alpha value is -1.67. The molecule has 0 aromatic carbocycles. The average molecular weight is 210 g/mol. The van der Waals surface area contributed by atoms with Crippen LogP contribution in [0.1, 0.15) is 6.42 Å². The average Bonchev–Trinajstić information content (AvgIpc) is 2.01. The highest BCUT2D eigenvalue weighted by molar-refractivity contribution is 5.88. The van der Waals surface area contributed by atoms with Gasteiger partial charge in [0.1, 0.15) is 6.42 Å². The first-order valence-corrected chi connectivity index (χ1v) is 3.26. The van der Waals surface area contributed by atoms with Crippen LogP contribution in [0.15, 0.2) is 0 Å². The van der Waals surface area contributed by atoms with Gasteiger partial charge in [0.25, 0.3) is 0 Å². The molecule has 0 fully saturated rings. The molecule has 0 aromatic rings. The van der Waals surface area contributed by atoms with E-state index in [2.05, 4.69) is 0 Å². The van der Waals surface area contributed by atoms with Crippen LogP contribution >= 0.6 is 0 Å². The first-order valence-electron chi connectivity index (χ1n) is 3.26. The molecule has 0 aromatic heterocycles. The molecule has 0 rings (SSSR count). The number of carboxylic acid groups (broad SMARTS) is 3. The van der Waals surface area contributed by atoms with Gasteiger partial charge in [0, 0.05) is 0 Å². The quantitative estimate of drug-likeness (QED) is 0.333. The second-order valence-electron chi connectivity index (χ2n) is 2.00. The molecule has 0 saturated carbocycles. The Morgan fingerprint density at radius 2 is 1.36 bits per heavy atom. The summed E-state index contributed by atoms with van der Waals surface area (Å²) in [5.41, 5.74) is 0. The second kappa shape index (κ2) is 7.95. The molecule has 0 spiro atoms. The number of carbonyl (C=O) groups is 3. The Morgan fingerprint density at radius 3 is 1.36 bits per heavy atom. The SMILES string of the molecule is O=C(O)C(O)CO.O=C(O)CC(=O)O. The zero-order valence-corrected chi connectivity index (χ0v) is 6.95. The standard InChI is InChI=1S/C3H6O4.C3H4O4/c4-1-2(5)3(6)7;4-2(5)1-3(6)7/h2,4-5H,1H2,(H,6,7);1H2,(H,4,5)(H,6,7). The lowest BCUT2D eigenvalue weighted by atomic mass is 10.4. The molecule has 5 N–H and O–H groups in total. The van der Waals surface area contributed by atoms with Crippen molar-refractivity contribution in [2.24, 2.45) is 0 Å².